The van der Waals surface area contributed by atoms with E-state index in [1.807, 2.05) is 36.7 Å². The zero-order valence-electron chi connectivity index (χ0n) is 11.2. The minimum absolute atomic E-state index is 0.0727. The minimum Gasteiger partial charge on any atom is -0.327 e. The van der Waals surface area contributed by atoms with Crippen LogP contribution in [0.1, 0.15) is 5.56 Å². The highest BCUT2D eigenvalue weighted by molar-refractivity contribution is 5.84. The molecule has 0 saturated heterocycles. The van der Waals surface area contributed by atoms with Crippen molar-refractivity contribution in [3.63, 3.8) is 0 Å². The molecule has 0 unspecified atom stereocenters. The summed E-state index contributed by atoms with van der Waals surface area (Å²) in [4.78, 5) is 15.3. The first-order chi connectivity index (χ1) is 9.59. The maximum Gasteiger partial charge on any atom is 0.280 e. The lowest BCUT2D eigenvalue weighted by atomic mass is 10.1. The molecule has 0 N–H and O–H groups in total. The van der Waals surface area contributed by atoms with Gasteiger partial charge in [0.2, 0.25) is 0 Å². The van der Waals surface area contributed by atoms with E-state index in [1.54, 1.807) is 18.2 Å². The minimum atomic E-state index is -0.373. The second kappa shape index (κ2) is 4.45. The first kappa shape index (κ1) is 12.3. The smallest absolute Gasteiger partial charge is 0.280 e. The highest BCUT2D eigenvalue weighted by Crippen LogP contribution is 2.31. The van der Waals surface area contributed by atoms with Crippen molar-refractivity contribution in [3.8, 4) is 11.4 Å². The van der Waals surface area contributed by atoms with Gasteiger partial charge in [0.1, 0.15) is 5.82 Å². The van der Waals surface area contributed by atoms with Crippen LogP contribution in [-0.4, -0.2) is 14.5 Å². The number of hydrogen-bond donors (Lipinski definition) is 0. The monoisotopic (exact) mass is 267 g/mol. The molecule has 0 bridgehead atoms. The number of nitro benzene ring substituents is 1. The Morgan fingerprint density at radius 1 is 1.15 bits per heavy atom. The van der Waals surface area contributed by atoms with Crippen molar-refractivity contribution < 1.29 is 4.92 Å². The Labute approximate surface area is 115 Å². The molecule has 20 heavy (non-hydrogen) atoms. The summed E-state index contributed by atoms with van der Waals surface area (Å²) in [5.41, 5.74) is 3.56. The maximum atomic E-state index is 11.2. The molecule has 5 nitrogen and oxygen atoms in total. The van der Waals surface area contributed by atoms with Crippen molar-refractivity contribution in [2.75, 3.05) is 0 Å². The third-order valence-corrected chi connectivity index (χ3v) is 3.44. The van der Waals surface area contributed by atoms with Crippen LogP contribution in [0.5, 0.6) is 0 Å². The van der Waals surface area contributed by atoms with Crippen molar-refractivity contribution in [1.82, 2.24) is 9.55 Å². The summed E-state index contributed by atoms with van der Waals surface area (Å²) < 4.78 is 1.91. The van der Waals surface area contributed by atoms with Crippen LogP contribution in [0.4, 0.5) is 5.69 Å². The molecule has 0 aliphatic heterocycles. The number of rotatable bonds is 2. The largest absolute Gasteiger partial charge is 0.327 e. The van der Waals surface area contributed by atoms with Crippen LogP contribution in [-0.2, 0) is 7.05 Å². The number of imidazole rings is 1. The molecule has 0 aliphatic rings. The van der Waals surface area contributed by atoms with Crippen molar-refractivity contribution in [3.05, 3.63) is 58.1 Å². The molecule has 0 saturated carbocycles. The summed E-state index contributed by atoms with van der Waals surface area (Å²) in [6, 6.07) is 12.5. The van der Waals surface area contributed by atoms with Gasteiger partial charge in [0, 0.05) is 13.1 Å². The Kier molecular flexibility index (Phi) is 2.75. The Morgan fingerprint density at radius 2 is 1.90 bits per heavy atom. The summed E-state index contributed by atoms with van der Waals surface area (Å²) in [6.45, 7) is 2.01. The predicted molar refractivity (Wildman–Crippen MR) is 77.5 cm³/mol. The van der Waals surface area contributed by atoms with Gasteiger partial charge in [-0.1, -0.05) is 24.3 Å². The summed E-state index contributed by atoms with van der Waals surface area (Å²) in [7, 11) is 1.88. The van der Waals surface area contributed by atoms with Gasteiger partial charge >= 0.3 is 0 Å². The van der Waals surface area contributed by atoms with E-state index in [2.05, 4.69) is 4.98 Å². The molecule has 2 aromatic carbocycles. The van der Waals surface area contributed by atoms with E-state index in [0.29, 0.717) is 11.4 Å². The Balaban J connectivity index is 2.34. The molecule has 3 aromatic rings. The molecule has 1 heterocycles. The van der Waals surface area contributed by atoms with E-state index in [9.17, 15) is 10.1 Å². The van der Waals surface area contributed by atoms with Gasteiger partial charge in [-0.3, -0.25) is 10.1 Å². The quantitative estimate of drug-likeness (QED) is 0.527. The Hall–Kier alpha value is -2.69. The molecule has 1 aromatic heterocycles. The lowest BCUT2D eigenvalue weighted by molar-refractivity contribution is -0.384. The number of nitro groups is 1. The van der Waals surface area contributed by atoms with E-state index in [-0.39, 0.29) is 10.6 Å². The van der Waals surface area contributed by atoms with Crippen LogP contribution < -0.4 is 0 Å². The van der Waals surface area contributed by atoms with Crippen LogP contribution in [0.2, 0.25) is 0 Å². The Bertz CT molecular complexity index is 821. The van der Waals surface area contributed by atoms with E-state index in [4.69, 9.17) is 0 Å². The molecule has 0 aliphatic carbocycles. The second-order valence-corrected chi connectivity index (χ2v) is 4.71. The van der Waals surface area contributed by atoms with Crippen molar-refractivity contribution >= 4 is 16.7 Å². The van der Waals surface area contributed by atoms with Crippen LogP contribution in [0.25, 0.3) is 22.4 Å². The second-order valence-electron chi connectivity index (χ2n) is 4.71. The summed E-state index contributed by atoms with van der Waals surface area (Å²) in [5, 5.41) is 11.2. The van der Waals surface area contributed by atoms with Gasteiger partial charge in [-0.15, -0.1) is 0 Å². The van der Waals surface area contributed by atoms with Gasteiger partial charge in [0.15, 0.2) is 0 Å². The molecule has 3 rings (SSSR count). The number of fused-ring (bicyclic) bond motifs is 1. The van der Waals surface area contributed by atoms with Gasteiger partial charge in [-0.2, -0.15) is 0 Å². The molecule has 0 fully saturated rings. The van der Waals surface area contributed by atoms with E-state index < -0.39 is 0 Å². The molecule has 0 amide bonds. The van der Waals surface area contributed by atoms with Gasteiger partial charge in [0.05, 0.1) is 21.5 Å². The fourth-order valence-corrected chi connectivity index (χ4v) is 2.53. The SMILES string of the molecule is Cc1cccc2nc(-c3ccccc3[N+](=O)[O-])n(C)c12. The molecule has 100 valence electrons. The lowest BCUT2D eigenvalue weighted by Gasteiger charge is -2.04. The molecule has 0 radical (unpaired) electrons. The number of aromatic nitrogens is 2. The van der Waals surface area contributed by atoms with Crippen LogP contribution >= 0.6 is 0 Å². The molecular formula is C15H13N3O2. The fraction of sp³-hybridized carbons (Fsp3) is 0.133. The van der Waals surface area contributed by atoms with Gasteiger partial charge in [-0.05, 0) is 24.6 Å². The first-order valence-electron chi connectivity index (χ1n) is 6.25. The summed E-state index contributed by atoms with van der Waals surface area (Å²) in [6.07, 6.45) is 0. The third-order valence-electron chi connectivity index (χ3n) is 3.44. The number of nitrogens with zero attached hydrogens (tertiary/aromatic N) is 3. The lowest BCUT2D eigenvalue weighted by Crippen LogP contribution is -1.97. The third kappa shape index (κ3) is 1.75. The van der Waals surface area contributed by atoms with Gasteiger partial charge in [0.25, 0.3) is 5.69 Å². The fourth-order valence-electron chi connectivity index (χ4n) is 2.53. The number of hydrogen-bond acceptors (Lipinski definition) is 3. The zero-order valence-corrected chi connectivity index (χ0v) is 11.2. The van der Waals surface area contributed by atoms with Crippen molar-refractivity contribution in [1.29, 1.82) is 0 Å². The highest BCUT2D eigenvalue weighted by Gasteiger charge is 2.19. The average molecular weight is 267 g/mol. The van der Waals surface area contributed by atoms with Gasteiger partial charge in [-0.25, -0.2) is 4.98 Å². The molecule has 0 spiro atoms. The molecular weight excluding hydrogens is 254 g/mol. The van der Waals surface area contributed by atoms with Crippen LogP contribution in [0.15, 0.2) is 42.5 Å². The first-order valence-corrected chi connectivity index (χ1v) is 6.25. The molecule has 0 atom stereocenters. The maximum absolute atomic E-state index is 11.2. The zero-order chi connectivity index (χ0) is 14.3. The van der Waals surface area contributed by atoms with E-state index in [1.165, 1.54) is 6.07 Å². The number of aryl methyl sites for hydroxylation is 2. The predicted octanol–water partition coefficient (Wildman–Crippen LogP) is 3.46. The standard InChI is InChI=1S/C15H13N3O2/c1-10-6-5-8-12-14(10)17(2)15(16-12)11-7-3-4-9-13(11)18(19)20/h3-9H,1-2H3. The molecule has 5 heteroatoms. The average Bonchev–Trinajstić information content (AvgIpc) is 2.77. The Morgan fingerprint density at radius 3 is 2.60 bits per heavy atom. The topological polar surface area (TPSA) is 61.0 Å². The normalized spacial score (nSPS) is 10.9. The van der Waals surface area contributed by atoms with Crippen molar-refractivity contribution in [2.24, 2.45) is 7.05 Å². The van der Waals surface area contributed by atoms with E-state index >= 15 is 0 Å². The number of para-hydroxylation sites is 2. The van der Waals surface area contributed by atoms with Crippen LogP contribution in [0, 0.1) is 17.0 Å². The summed E-state index contributed by atoms with van der Waals surface area (Å²) in [5.74, 6) is 0.613. The van der Waals surface area contributed by atoms with Crippen LogP contribution in [0.3, 0.4) is 0 Å². The van der Waals surface area contributed by atoms with Gasteiger partial charge < -0.3 is 4.57 Å². The van der Waals surface area contributed by atoms with Crippen molar-refractivity contribution in [2.45, 2.75) is 6.92 Å². The highest BCUT2D eigenvalue weighted by atomic mass is 16.6. The summed E-state index contributed by atoms with van der Waals surface area (Å²) >= 11 is 0. The number of benzene rings is 2. The van der Waals surface area contributed by atoms with E-state index in [0.717, 1.165) is 16.6 Å².